The summed E-state index contributed by atoms with van der Waals surface area (Å²) in [4.78, 5) is 4.14. The predicted molar refractivity (Wildman–Crippen MR) is 33.4 cm³/mol. The first-order valence-electron chi connectivity index (χ1n) is 2.97. The zero-order valence-electron chi connectivity index (χ0n) is 5.30. The van der Waals surface area contributed by atoms with Gasteiger partial charge < -0.3 is 4.90 Å². The summed E-state index contributed by atoms with van der Waals surface area (Å²) in [5.41, 5.74) is 0. The Morgan fingerprint density at radius 3 is 2.00 bits per heavy atom. The minimum Gasteiger partial charge on any atom is -0.304 e. The summed E-state index contributed by atoms with van der Waals surface area (Å²) in [7, 11) is 7.62. The van der Waals surface area contributed by atoms with Crippen molar-refractivity contribution in [3.05, 3.63) is 7.05 Å². The second-order valence-corrected chi connectivity index (χ2v) is 2.34. The molecule has 8 heavy (non-hydrogen) atoms. The van der Waals surface area contributed by atoms with E-state index in [1.807, 2.05) is 4.90 Å². The molecule has 0 unspecified atom stereocenters. The van der Waals surface area contributed by atoms with Gasteiger partial charge in [0, 0.05) is 33.2 Å². The lowest BCUT2D eigenvalue weighted by Gasteiger charge is -2.28. The lowest BCUT2D eigenvalue weighted by atomic mass is 10.4. The van der Waals surface area contributed by atoms with Gasteiger partial charge >= 0.3 is 0 Å². The summed E-state index contributed by atoms with van der Waals surface area (Å²) in [6.07, 6.45) is 0. The topological polar surface area (TPSA) is 6.48 Å². The van der Waals surface area contributed by atoms with Gasteiger partial charge in [0.15, 0.2) is 0 Å². The number of likely N-dealkylation sites (N-methyl/N-ethyl adjacent to an activating group) is 1. The van der Waals surface area contributed by atoms with Gasteiger partial charge in [0.1, 0.15) is 0 Å². The molecule has 0 saturated carbocycles. The number of hydrogen-bond donors (Lipinski definition) is 0. The highest BCUT2D eigenvalue weighted by atomic mass is 15.2. The normalized spacial score (nSPS) is 26.2. The smallest absolute Gasteiger partial charge is 0.0439 e. The minimum absolute atomic E-state index is 1.01. The van der Waals surface area contributed by atoms with Crippen LogP contribution < -0.4 is 0 Å². The van der Waals surface area contributed by atoms with Gasteiger partial charge in [-0.2, -0.15) is 0 Å². The van der Waals surface area contributed by atoms with Crippen molar-refractivity contribution in [2.45, 2.75) is 0 Å². The van der Waals surface area contributed by atoms with E-state index < -0.39 is 0 Å². The summed E-state index contributed by atoms with van der Waals surface area (Å²) in [6.45, 7) is 4.24. The number of rotatable bonds is 0. The molecule has 2 radical (unpaired) electrons. The second kappa shape index (κ2) is 2.46. The van der Waals surface area contributed by atoms with E-state index in [0.717, 1.165) is 26.2 Å². The average Bonchev–Trinajstić information content (AvgIpc) is 1.77. The van der Waals surface area contributed by atoms with Crippen molar-refractivity contribution >= 4 is 0 Å². The summed E-state index contributed by atoms with van der Waals surface area (Å²) in [5, 5.41) is 0. The van der Waals surface area contributed by atoms with Gasteiger partial charge in [-0.1, -0.05) is 0 Å². The average molecular weight is 112 g/mol. The van der Waals surface area contributed by atoms with Crippen LogP contribution in [-0.4, -0.2) is 43.0 Å². The monoisotopic (exact) mass is 112 g/mol. The molecular formula is C6H12N2. The van der Waals surface area contributed by atoms with Crippen LogP contribution in [0.2, 0.25) is 0 Å². The first kappa shape index (κ1) is 6.05. The van der Waals surface area contributed by atoms with Gasteiger partial charge in [0.25, 0.3) is 0 Å². The molecule has 1 saturated heterocycles. The van der Waals surface area contributed by atoms with E-state index in [1.54, 1.807) is 0 Å². The van der Waals surface area contributed by atoms with Crippen LogP contribution in [0.4, 0.5) is 0 Å². The molecule has 1 aliphatic rings. The lowest BCUT2D eigenvalue weighted by molar-refractivity contribution is 0.196. The second-order valence-electron chi connectivity index (χ2n) is 2.34. The Balaban J connectivity index is 2.19. The van der Waals surface area contributed by atoms with Crippen LogP contribution in [0.1, 0.15) is 0 Å². The highest BCUT2D eigenvalue weighted by molar-refractivity contribution is 4.67. The van der Waals surface area contributed by atoms with Gasteiger partial charge in [-0.15, -0.1) is 0 Å². The predicted octanol–water partition coefficient (Wildman–Crippen LogP) is -0.0976. The van der Waals surface area contributed by atoms with Crippen LogP contribution in [0.25, 0.3) is 0 Å². The fourth-order valence-electron chi connectivity index (χ4n) is 0.822. The Bertz CT molecular complexity index is 54.9. The molecular weight excluding hydrogens is 100 g/mol. The molecule has 0 aromatic rings. The summed E-state index contributed by atoms with van der Waals surface area (Å²) in [5.74, 6) is 0. The van der Waals surface area contributed by atoms with E-state index >= 15 is 0 Å². The highest BCUT2D eigenvalue weighted by Crippen LogP contribution is 1.94. The Labute approximate surface area is 51.1 Å². The molecule has 0 aromatic heterocycles. The van der Waals surface area contributed by atoms with Gasteiger partial charge in [-0.25, -0.2) is 0 Å². The van der Waals surface area contributed by atoms with Crippen LogP contribution in [-0.2, 0) is 0 Å². The Morgan fingerprint density at radius 2 is 1.62 bits per heavy atom. The molecule has 0 N–H and O–H groups in total. The first-order chi connectivity index (χ1) is 3.79. The van der Waals surface area contributed by atoms with E-state index in [4.69, 9.17) is 7.05 Å². The maximum absolute atomic E-state index is 5.50. The van der Waals surface area contributed by atoms with Crippen molar-refractivity contribution in [1.29, 1.82) is 0 Å². The van der Waals surface area contributed by atoms with Gasteiger partial charge in [-0.3, -0.25) is 4.90 Å². The van der Waals surface area contributed by atoms with E-state index in [1.165, 1.54) is 0 Å². The van der Waals surface area contributed by atoms with Crippen molar-refractivity contribution in [2.75, 3.05) is 33.2 Å². The largest absolute Gasteiger partial charge is 0.304 e. The molecule has 46 valence electrons. The van der Waals surface area contributed by atoms with Crippen LogP contribution in [0.3, 0.4) is 0 Å². The zero-order valence-corrected chi connectivity index (χ0v) is 5.30. The highest BCUT2D eigenvalue weighted by Gasteiger charge is 2.08. The number of hydrogen-bond acceptors (Lipinski definition) is 2. The molecule has 0 aromatic carbocycles. The molecule has 2 heteroatoms. The van der Waals surface area contributed by atoms with E-state index in [-0.39, 0.29) is 0 Å². The zero-order chi connectivity index (χ0) is 5.98. The van der Waals surface area contributed by atoms with Gasteiger partial charge in [0.05, 0.1) is 0 Å². The standard InChI is InChI=1S/C6H12N2/c1-7-3-5-8(2)6-4-7/h1H,3-6H2,2H3. The van der Waals surface area contributed by atoms with Gasteiger partial charge in [0.2, 0.25) is 0 Å². The lowest BCUT2D eigenvalue weighted by Crippen LogP contribution is -2.41. The maximum atomic E-state index is 5.50. The summed E-state index contributed by atoms with van der Waals surface area (Å²) in [6, 6.07) is 0. The summed E-state index contributed by atoms with van der Waals surface area (Å²) < 4.78 is 0. The van der Waals surface area contributed by atoms with Crippen molar-refractivity contribution in [2.24, 2.45) is 0 Å². The molecule has 0 bridgehead atoms. The van der Waals surface area contributed by atoms with Crippen LogP contribution in [0.5, 0.6) is 0 Å². The third-order valence-corrected chi connectivity index (χ3v) is 1.54. The molecule has 1 aliphatic heterocycles. The third-order valence-electron chi connectivity index (χ3n) is 1.54. The quantitative estimate of drug-likeness (QED) is 0.432. The Hall–Kier alpha value is -0.0800. The van der Waals surface area contributed by atoms with E-state index in [0.29, 0.717) is 0 Å². The van der Waals surface area contributed by atoms with E-state index in [9.17, 15) is 0 Å². The molecule has 1 heterocycles. The number of piperazine rings is 1. The molecule has 0 aliphatic carbocycles. The molecule has 0 spiro atoms. The number of nitrogens with zero attached hydrogens (tertiary/aromatic N) is 2. The maximum Gasteiger partial charge on any atom is 0.0439 e. The van der Waals surface area contributed by atoms with Crippen LogP contribution >= 0.6 is 0 Å². The van der Waals surface area contributed by atoms with Crippen molar-refractivity contribution in [3.8, 4) is 0 Å². The molecule has 0 atom stereocenters. The summed E-state index contributed by atoms with van der Waals surface area (Å²) >= 11 is 0. The SMILES string of the molecule is [CH]N1CCN(C)CC1. The molecule has 1 rings (SSSR count). The minimum atomic E-state index is 1.01. The fraction of sp³-hybridized carbons (Fsp3) is 0.833. The van der Waals surface area contributed by atoms with Crippen molar-refractivity contribution < 1.29 is 0 Å². The Morgan fingerprint density at radius 1 is 1.12 bits per heavy atom. The fourth-order valence-corrected chi connectivity index (χ4v) is 0.822. The van der Waals surface area contributed by atoms with Crippen LogP contribution in [0, 0.1) is 7.05 Å². The first-order valence-corrected chi connectivity index (χ1v) is 2.97. The Kier molecular flexibility index (Phi) is 1.86. The van der Waals surface area contributed by atoms with Crippen molar-refractivity contribution in [1.82, 2.24) is 9.80 Å². The molecule has 1 fully saturated rings. The molecule has 2 nitrogen and oxygen atoms in total. The van der Waals surface area contributed by atoms with Crippen molar-refractivity contribution in [3.63, 3.8) is 0 Å². The van der Waals surface area contributed by atoms with E-state index in [2.05, 4.69) is 11.9 Å². The molecule has 0 amide bonds. The van der Waals surface area contributed by atoms with Crippen LogP contribution in [0.15, 0.2) is 0 Å². The van der Waals surface area contributed by atoms with Gasteiger partial charge in [-0.05, 0) is 7.05 Å². The third kappa shape index (κ3) is 1.46.